The highest BCUT2D eigenvalue weighted by molar-refractivity contribution is 7.17. The number of hydrogen-bond donors (Lipinski definition) is 2. The average Bonchev–Trinajstić information content (AvgIpc) is 3.06. The Hall–Kier alpha value is -2.07. The predicted molar refractivity (Wildman–Crippen MR) is 71.8 cm³/mol. The van der Waals surface area contributed by atoms with E-state index in [2.05, 4.69) is 21.5 Å². The summed E-state index contributed by atoms with van der Waals surface area (Å²) in [5.41, 5.74) is 7.73. The maximum absolute atomic E-state index is 9.06. The lowest BCUT2D eigenvalue weighted by molar-refractivity contribution is 0.379. The average molecular weight is 275 g/mol. The van der Waals surface area contributed by atoms with Crippen LogP contribution in [0.1, 0.15) is 40.9 Å². The Balaban J connectivity index is 1.82. The monoisotopic (exact) mass is 275 g/mol. The van der Waals surface area contributed by atoms with Gasteiger partial charge in [-0.2, -0.15) is 10.2 Å². The van der Waals surface area contributed by atoms with E-state index in [9.17, 15) is 0 Å². The Morgan fingerprint density at radius 2 is 2.37 bits per heavy atom. The van der Waals surface area contributed by atoms with Gasteiger partial charge in [-0.05, 0) is 25.7 Å². The SMILES string of the molecule is Cc1noc(CNc2sc(C#N)c(N)c2C2CC2)n1. The summed E-state index contributed by atoms with van der Waals surface area (Å²) in [6, 6.07) is 2.14. The summed E-state index contributed by atoms with van der Waals surface area (Å²) in [6.07, 6.45) is 2.28. The van der Waals surface area contributed by atoms with E-state index < -0.39 is 0 Å². The number of thiophene rings is 1. The molecule has 2 aromatic rings. The number of nitrogens with two attached hydrogens (primary N) is 1. The Labute approximate surface area is 114 Å². The Morgan fingerprint density at radius 3 is 2.95 bits per heavy atom. The summed E-state index contributed by atoms with van der Waals surface area (Å²) in [6.45, 7) is 2.23. The summed E-state index contributed by atoms with van der Waals surface area (Å²) in [5.74, 6) is 1.64. The molecule has 0 aromatic carbocycles. The number of nitrogens with zero attached hydrogens (tertiary/aromatic N) is 3. The van der Waals surface area contributed by atoms with Gasteiger partial charge in [-0.1, -0.05) is 5.16 Å². The first kappa shape index (κ1) is 12.0. The van der Waals surface area contributed by atoms with Crippen molar-refractivity contribution in [3.63, 3.8) is 0 Å². The van der Waals surface area contributed by atoms with Gasteiger partial charge in [0.1, 0.15) is 10.9 Å². The van der Waals surface area contributed by atoms with E-state index in [-0.39, 0.29) is 0 Å². The third-order valence-corrected chi connectivity index (χ3v) is 4.12. The molecule has 7 heteroatoms. The summed E-state index contributed by atoms with van der Waals surface area (Å²) in [5, 5.41) is 17.0. The van der Waals surface area contributed by atoms with Crippen molar-refractivity contribution in [1.29, 1.82) is 5.26 Å². The molecule has 1 saturated carbocycles. The number of aromatic nitrogens is 2. The molecule has 0 unspecified atom stereocenters. The first-order valence-corrected chi connectivity index (χ1v) is 6.86. The first-order valence-electron chi connectivity index (χ1n) is 6.04. The molecular weight excluding hydrogens is 262 g/mol. The first-order chi connectivity index (χ1) is 9.19. The van der Waals surface area contributed by atoms with Crippen molar-refractivity contribution in [2.45, 2.75) is 32.2 Å². The van der Waals surface area contributed by atoms with E-state index in [1.807, 2.05) is 0 Å². The van der Waals surface area contributed by atoms with Gasteiger partial charge < -0.3 is 15.6 Å². The molecule has 0 atom stereocenters. The number of anilines is 2. The molecule has 3 N–H and O–H groups in total. The summed E-state index contributed by atoms with van der Waals surface area (Å²) in [4.78, 5) is 4.71. The minimum atomic E-state index is 0.450. The minimum absolute atomic E-state index is 0.450. The van der Waals surface area contributed by atoms with Crippen LogP contribution in [0.3, 0.4) is 0 Å². The van der Waals surface area contributed by atoms with Crippen molar-refractivity contribution in [3.05, 3.63) is 22.2 Å². The number of rotatable bonds is 4. The molecule has 2 aromatic heterocycles. The van der Waals surface area contributed by atoms with E-state index in [4.69, 9.17) is 15.5 Å². The number of nitrogens with one attached hydrogen (secondary N) is 1. The predicted octanol–water partition coefficient (Wildman–Crippen LogP) is 2.38. The highest BCUT2D eigenvalue weighted by atomic mass is 32.1. The second-order valence-corrected chi connectivity index (χ2v) is 5.58. The fourth-order valence-electron chi connectivity index (χ4n) is 2.02. The van der Waals surface area contributed by atoms with Crippen molar-refractivity contribution in [3.8, 4) is 6.07 Å². The van der Waals surface area contributed by atoms with Crippen molar-refractivity contribution in [1.82, 2.24) is 10.1 Å². The van der Waals surface area contributed by atoms with Crippen LogP contribution in [0.5, 0.6) is 0 Å². The molecule has 1 aliphatic rings. The molecule has 0 radical (unpaired) electrons. The van der Waals surface area contributed by atoms with Gasteiger partial charge in [0.2, 0.25) is 5.89 Å². The van der Waals surface area contributed by atoms with Crippen LogP contribution in [-0.2, 0) is 6.54 Å². The third-order valence-electron chi connectivity index (χ3n) is 3.04. The van der Waals surface area contributed by atoms with Crippen LogP contribution in [0, 0.1) is 18.3 Å². The molecule has 98 valence electrons. The normalized spacial score (nSPS) is 14.3. The quantitative estimate of drug-likeness (QED) is 0.888. The molecule has 2 heterocycles. The second kappa shape index (κ2) is 4.55. The molecule has 0 spiro atoms. The van der Waals surface area contributed by atoms with Crippen LogP contribution in [0.15, 0.2) is 4.52 Å². The highest BCUT2D eigenvalue weighted by Crippen LogP contribution is 2.50. The van der Waals surface area contributed by atoms with E-state index in [0.29, 0.717) is 34.7 Å². The second-order valence-electron chi connectivity index (χ2n) is 4.56. The van der Waals surface area contributed by atoms with Gasteiger partial charge >= 0.3 is 0 Å². The fourth-order valence-corrected chi connectivity index (χ4v) is 3.02. The van der Waals surface area contributed by atoms with Crippen molar-refractivity contribution in [2.24, 2.45) is 0 Å². The van der Waals surface area contributed by atoms with E-state index in [1.165, 1.54) is 11.3 Å². The van der Waals surface area contributed by atoms with Gasteiger partial charge in [-0.25, -0.2) is 0 Å². The standard InChI is InChI=1S/C12H13N5OS/c1-6-16-9(18-17-6)5-15-12-10(7-2-3-7)11(14)8(4-13)19-12/h7,15H,2-3,5,14H2,1H3. The zero-order valence-electron chi connectivity index (χ0n) is 10.4. The molecule has 6 nitrogen and oxygen atoms in total. The van der Waals surface area contributed by atoms with Crippen LogP contribution < -0.4 is 11.1 Å². The molecule has 0 amide bonds. The largest absolute Gasteiger partial charge is 0.397 e. The fraction of sp³-hybridized carbons (Fsp3) is 0.417. The van der Waals surface area contributed by atoms with Crippen LogP contribution in [-0.4, -0.2) is 10.1 Å². The molecule has 1 aliphatic carbocycles. The van der Waals surface area contributed by atoms with Crippen molar-refractivity contribution in [2.75, 3.05) is 11.1 Å². The molecule has 0 aliphatic heterocycles. The number of hydrogen-bond acceptors (Lipinski definition) is 7. The topological polar surface area (TPSA) is 101 Å². The van der Waals surface area contributed by atoms with E-state index >= 15 is 0 Å². The summed E-state index contributed by atoms with van der Waals surface area (Å²) >= 11 is 1.39. The smallest absolute Gasteiger partial charge is 0.245 e. The maximum Gasteiger partial charge on any atom is 0.245 e. The summed E-state index contributed by atoms with van der Waals surface area (Å²) < 4.78 is 5.05. The molecular formula is C12H13N5OS. The lowest BCUT2D eigenvalue weighted by atomic mass is 10.1. The third kappa shape index (κ3) is 2.27. The van der Waals surface area contributed by atoms with Crippen molar-refractivity contribution < 1.29 is 4.52 Å². The minimum Gasteiger partial charge on any atom is -0.397 e. The van der Waals surface area contributed by atoms with Crippen LogP contribution in [0.4, 0.5) is 10.7 Å². The molecule has 1 fully saturated rings. The zero-order chi connectivity index (χ0) is 13.4. The summed E-state index contributed by atoms with van der Waals surface area (Å²) in [7, 11) is 0. The molecule has 0 bridgehead atoms. The van der Waals surface area contributed by atoms with Crippen LogP contribution in [0.2, 0.25) is 0 Å². The number of nitrogen functional groups attached to an aromatic ring is 1. The zero-order valence-corrected chi connectivity index (χ0v) is 11.3. The van der Waals surface area contributed by atoms with Crippen LogP contribution >= 0.6 is 11.3 Å². The molecule has 3 rings (SSSR count). The lowest BCUT2D eigenvalue weighted by Gasteiger charge is -2.04. The molecule has 19 heavy (non-hydrogen) atoms. The van der Waals surface area contributed by atoms with Gasteiger partial charge in [0, 0.05) is 5.56 Å². The Bertz CT molecular complexity index is 650. The van der Waals surface area contributed by atoms with Gasteiger partial charge in [-0.3, -0.25) is 0 Å². The molecule has 0 saturated heterocycles. The van der Waals surface area contributed by atoms with Gasteiger partial charge in [0.05, 0.1) is 17.2 Å². The maximum atomic E-state index is 9.06. The van der Waals surface area contributed by atoms with E-state index in [1.54, 1.807) is 6.92 Å². The van der Waals surface area contributed by atoms with Gasteiger partial charge in [0.25, 0.3) is 0 Å². The van der Waals surface area contributed by atoms with E-state index in [0.717, 1.165) is 23.4 Å². The van der Waals surface area contributed by atoms with Gasteiger partial charge in [-0.15, -0.1) is 11.3 Å². The Morgan fingerprint density at radius 1 is 1.58 bits per heavy atom. The Kier molecular flexibility index (Phi) is 2.87. The highest BCUT2D eigenvalue weighted by Gasteiger charge is 2.31. The lowest BCUT2D eigenvalue weighted by Crippen LogP contribution is -2.01. The van der Waals surface area contributed by atoms with Gasteiger partial charge in [0.15, 0.2) is 5.82 Å². The number of aryl methyl sites for hydroxylation is 1. The van der Waals surface area contributed by atoms with Crippen molar-refractivity contribution >= 4 is 22.0 Å². The number of nitriles is 1. The van der Waals surface area contributed by atoms with Crippen LogP contribution in [0.25, 0.3) is 0 Å².